The van der Waals surface area contributed by atoms with Crippen molar-refractivity contribution in [3.8, 4) is 11.6 Å². The van der Waals surface area contributed by atoms with Crippen LogP contribution in [0.3, 0.4) is 0 Å². The number of halogens is 1. The number of ketones is 1. The molecule has 6 rings (SSSR count). The molecular formula is C24H28ClN5O4. The average molecular weight is 486 g/mol. The van der Waals surface area contributed by atoms with Gasteiger partial charge in [-0.15, -0.1) is 0 Å². The second-order valence-electron chi connectivity index (χ2n) is 10.2. The first-order valence-electron chi connectivity index (χ1n) is 12.2. The van der Waals surface area contributed by atoms with Crippen molar-refractivity contribution in [2.75, 3.05) is 13.2 Å². The first-order chi connectivity index (χ1) is 16.4. The Kier molecular flexibility index (Phi) is 5.18. The molecule has 1 aliphatic heterocycles. The zero-order valence-electron chi connectivity index (χ0n) is 19.5. The van der Waals surface area contributed by atoms with Crippen LogP contribution in [-0.4, -0.2) is 43.3 Å². The normalized spacial score (nSPS) is 27.4. The quantitative estimate of drug-likeness (QED) is 0.509. The van der Waals surface area contributed by atoms with Gasteiger partial charge in [-0.05, 0) is 44.4 Å². The van der Waals surface area contributed by atoms with Gasteiger partial charge in [-0.25, -0.2) is 14.8 Å². The van der Waals surface area contributed by atoms with E-state index in [0.29, 0.717) is 48.3 Å². The maximum absolute atomic E-state index is 13.2. The van der Waals surface area contributed by atoms with Crippen LogP contribution in [0.2, 0.25) is 5.15 Å². The molecule has 0 radical (unpaired) electrons. The molecule has 3 atom stereocenters. The molecule has 2 aliphatic carbocycles. The average Bonchev–Trinajstić information content (AvgIpc) is 3.36. The van der Waals surface area contributed by atoms with Crippen molar-refractivity contribution in [1.82, 2.24) is 24.3 Å². The summed E-state index contributed by atoms with van der Waals surface area (Å²) in [6.07, 6.45) is 6.61. The Hall–Kier alpha value is -2.52. The summed E-state index contributed by atoms with van der Waals surface area (Å²) in [6.45, 7) is 3.24. The van der Waals surface area contributed by atoms with Crippen molar-refractivity contribution in [2.24, 2.45) is 13.0 Å². The first-order valence-corrected chi connectivity index (χ1v) is 12.5. The lowest BCUT2D eigenvalue weighted by Crippen LogP contribution is -2.41. The topological polar surface area (TPSA) is 105 Å². The van der Waals surface area contributed by atoms with Gasteiger partial charge in [-0.1, -0.05) is 30.1 Å². The van der Waals surface area contributed by atoms with E-state index in [1.165, 1.54) is 4.57 Å². The minimum atomic E-state index is -0.550. The predicted molar refractivity (Wildman–Crippen MR) is 125 cm³/mol. The molecule has 180 valence electrons. The number of aryl methyl sites for hydroxylation is 1. The van der Waals surface area contributed by atoms with Crippen LogP contribution >= 0.6 is 11.6 Å². The van der Waals surface area contributed by atoms with E-state index in [1.807, 2.05) is 0 Å². The molecular weight excluding hydrogens is 458 g/mol. The minimum absolute atomic E-state index is 0.134. The molecule has 1 saturated heterocycles. The SMILES string of the molecule is C[C@@H]1COC[C@H](n2c(=O)n(C)c3c(Cl)nc(-c4onc5c4CCC[C@@]54CCCCC4=O)nc32)C1. The molecule has 9 nitrogen and oxygen atoms in total. The first kappa shape index (κ1) is 22.0. The number of imidazole rings is 1. The standard InChI is InChI=1S/C24H28ClN5O4/c1-13-10-14(12-33-11-13)30-22-17(29(2)23(30)32)20(25)26-21(27-22)18-15-6-5-9-24(19(15)28-34-18)8-4-3-7-16(24)31/h13-14H,3-12H2,1-2H3/t13-,14+,24+/m0/s1. The second-order valence-corrected chi connectivity index (χ2v) is 10.5. The van der Waals surface area contributed by atoms with Gasteiger partial charge in [0.25, 0.3) is 0 Å². The number of nitrogens with zero attached hydrogens (tertiary/aromatic N) is 5. The van der Waals surface area contributed by atoms with Gasteiger partial charge >= 0.3 is 5.69 Å². The lowest BCUT2D eigenvalue weighted by atomic mass is 9.64. The van der Waals surface area contributed by atoms with Crippen molar-refractivity contribution in [2.45, 2.75) is 69.7 Å². The Bertz CT molecular complexity index is 1360. The summed E-state index contributed by atoms with van der Waals surface area (Å²) >= 11 is 6.61. The fourth-order valence-electron chi connectivity index (χ4n) is 6.22. The summed E-state index contributed by atoms with van der Waals surface area (Å²) < 4.78 is 14.7. The summed E-state index contributed by atoms with van der Waals surface area (Å²) in [4.78, 5) is 35.5. The summed E-state index contributed by atoms with van der Waals surface area (Å²) in [7, 11) is 1.68. The number of hydrogen-bond acceptors (Lipinski definition) is 7. The molecule has 1 spiro atoms. The molecule has 0 amide bonds. The maximum atomic E-state index is 13.2. The van der Waals surface area contributed by atoms with Crippen LogP contribution in [0.25, 0.3) is 22.7 Å². The van der Waals surface area contributed by atoms with Gasteiger partial charge < -0.3 is 9.26 Å². The van der Waals surface area contributed by atoms with Crippen molar-refractivity contribution in [3.63, 3.8) is 0 Å². The zero-order valence-corrected chi connectivity index (χ0v) is 20.2. The third-order valence-corrected chi connectivity index (χ3v) is 8.16. The van der Waals surface area contributed by atoms with E-state index in [1.54, 1.807) is 11.6 Å². The Morgan fingerprint density at radius 1 is 1.09 bits per heavy atom. The molecule has 3 aromatic rings. The fraction of sp³-hybridized carbons (Fsp3) is 0.625. The number of fused-ring (bicyclic) bond motifs is 3. The number of carbonyl (C=O) groups is 1. The van der Waals surface area contributed by atoms with Crippen LogP contribution in [0.4, 0.5) is 0 Å². The van der Waals surface area contributed by atoms with E-state index in [9.17, 15) is 9.59 Å². The third-order valence-electron chi connectivity index (χ3n) is 7.90. The Labute approximate surface area is 201 Å². The molecule has 10 heteroatoms. The monoisotopic (exact) mass is 485 g/mol. The van der Waals surface area contributed by atoms with E-state index in [0.717, 1.165) is 56.2 Å². The molecule has 2 fully saturated rings. The molecule has 0 bridgehead atoms. The summed E-state index contributed by atoms with van der Waals surface area (Å²) in [6, 6.07) is -0.134. The number of hydrogen-bond donors (Lipinski definition) is 0. The van der Waals surface area contributed by atoms with Crippen LogP contribution < -0.4 is 5.69 Å². The molecule has 0 unspecified atom stereocenters. The largest absolute Gasteiger partial charge is 0.379 e. The van der Waals surface area contributed by atoms with Crippen molar-refractivity contribution >= 4 is 28.5 Å². The van der Waals surface area contributed by atoms with Gasteiger partial charge in [0.2, 0.25) is 11.6 Å². The fourth-order valence-corrected chi connectivity index (χ4v) is 6.51. The summed E-state index contributed by atoms with van der Waals surface area (Å²) in [5.74, 6) is 1.35. The van der Waals surface area contributed by atoms with E-state index in [-0.39, 0.29) is 22.7 Å². The zero-order chi connectivity index (χ0) is 23.6. The summed E-state index contributed by atoms with van der Waals surface area (Å²) in [5.41, 5.74) is 1.86. The van der Waals surface area contributed by atoms with E-state index < -0.39 is 5.41 Å². The molecule has 34 heavy (non-hydrogen) atoms. The number of rotatable bonds is 2. The van der Waals surface area contributed by atoms with Crippen molar-refractivity contribution in [3.05, 3.63) is 26.9 Å². The van der Waals surface area contributed by atoms with Crippen molar-refractivity contribution < 1.29 is 14.1 Å². The lowest BCUT2D eigenvalue weighted by molar-refractivity contribution is -0.127. The van der Waals surface area contributed by atoms with Crippen molar-refractivity contribution in [1.29, 1.82) is 0 Å². The van der Waals surface area contributed by atoms with E-state index >= 15 is 0 Å². The van der Waals surface area contributed by atoms with Gasteiger partial charge in [0.15, 0.2) is 10.8 Å². The Balaban J connectivity index is 1.51. The smallest absolute Gasteiger partial charge is 0.330 e. The molecule has 3 aliphatic rings. The number of aromatic nitrogens is 5. The van der Waals surface area contributed by atoms with Crippen LogP contribution in [0.5, 0.6) is 0 Å². The van der Waals surface area contributed by atoms with Crippen LogP contribution in [0.1, 0.15) is 69.2 Å². The minimum Gasteiger partial charge on any atom is -0.379 e. The Morgan fingerprint density at radius 2 is 1.91 bits per heavy atom. The van der Waals surface area contributed by atoms with Gasteiger partial charge in [-0.3, -0.25) is 13.9 Å². The highest BCUT2D eigenvalue weighted by Crippen LogP contribution is 2.47. The third kappa shape index (κ3) is 3.12. The lowest BCUT2D eigenvalue weighted by Gasteiger charge is -2.37. The molecule has 3 aromatic heterocycles. The number of carbonyl (C=O) groups excluding carboxylic acids is 1. The molecule has 0 N–H and O–H groups in total. The van der Waals surface area contributed by atoms with Gasteiger partial charge in [0.1, 0.15) is 17.0 Å². The maximum Gasteiger partial charge on any atom is 0.330 e. The highest BCUT2D eigenvalue weighted by molar-refractivity contribution is 6.33. The van der Waals surface area contributed by atoms with Gasteiger partial charge in [0.05, 0.1) is 18.1 Å². The summed E-state index contributed by atoms with van der Waals surface area (Å²) in [5, 5.41) is 4.59. The Morgan fingerprint density at radius 3 is 2.71 bits per heavy atom. The van der Waals surface area contributed by atoms with Gasteiger partial charge in [-0.2, -0.15) is 0 Å². The molecule has 0 aromatic carbocycles. The number of Topliss-reactive ketones (excluding diaryl/α,β-unsaturated/α-hetero) is 1. The number of ether oxygens (including phenoxy) is 1. The van der Waals surface area contributed by atoms with Crippen LogP contribution in [-0.2, 0) is 28.4 Å². The highest BCUT2D eigenvalue weighted by atomic mass is 35.5. The van der Waals surface area contributed by atoms with Gasteiger partial charge in [0, 0.05) is 25.6 Å². The van der Waals surface area contributed by atoms with E-state index in [2.05, 4.69) is 17.1 Å². The van der Waals surface area contributed by atoms with Crippen LogP contribution in [0.15, 0.2) is 9.32 Å². The molecule has 4 heterocycles. The highest BCUT2D eigenvalue weighted by Gasteiger charge is 2.48. The second kappa shape index (κ2) is 8.02. The van der Waals surface area contributed by atoms with Crippen LogP contribution in [0, 0.1) is 5.92 Å². The van der Waals surface area contributed by atoms with E-state index in [4.69, 9.17) is 25.8 Å². The predicted octanol–water partition coefficient (Wildman–Crippen LogP) is 3.75. The molecule has 1 saturated carbocycles.